The van der Waals surface area contributed by atoms with Gasteiger partial charge in [-0.2, -0.15) is 0 Å². The van der Waals surface area contributed by atoms with Crippen LogP contribution in [-0.4, -0.2) is 18.5 Å². The second-order valence-corrected chi connectivity index (χ2v) is 3.39. The summed E-state index contributed by atoms with van der Waals surface area (Å²) in [6, 6.07) is 0. The van der Waals surface area contributed by atoms with Gasteiger partial charge >= 0.3 is 0 Å². The fourth-order valence-electron chi connectivity index (χ4n) is 1.20. The molecule has 1 N–H and O–H groups in total. The molecule has 1 nitrogen and oxygen atoms in total. The van der Waals surface area contributed by atoms with Gasteiger partial charge in [-0.3, -0.25) is 0 Å². The van der Waals surface area contributed by atoms with Crippen molar-refractivity contribution in [2.24, 2.45) is 0 Å². The lowest BCUT2D eigenvalue weighted by molar-refractivity contribution is 0.0349. The molecule has 12 heavy (non-hydrogen) atoms. The Morgan fingerprint density at radius 1 is 1.25 bits per heavy atom. The zero-order chi connectivity index (χ0) is 9.61. The fraction of sp³-hybridized carbons (Fsp3) is 1.00. The van der Waals surface area contributed by atoms with Crippen LogP contribution in [0.3, 0.4) is 0 Å². The van der Waals surface area contributed by atoms with Gasteiger partial charge in [-0.25, -0.2) is 8.78 Å². The van der Waals surface area contributed by atoms with Crippen LogP contribution in [-0.2, 0) is 0 Å². The van der Waals surface area contributed by atoms with E-state index in [9.17, 15) is 8.78 Å². The minimum absolute atomic E-state index is 0.532. The summed E-state index contributed by atoms with van der Waals surface area (Å²) in [6.07, 6.45) is -0.0576. The Hall–Kier alpha value is -0.180. The van der Waals surface area contributed by atoms with Crippen molar-refractivity contribution in [2.75, 3.05) is 6.54 Å². The molecule has 0 aliphatic carbocycles. The van der Waals surface area contributed by atoms with Crippen LogP contribution in [0.5, 0.6) is 0 Å². The maximum absolute atomic E-state index is 12.5. The molecule has 0 fully saturated rings. The van der Waals surface area contributed by atoms with Crippen molar-refractivity contribution in [2.45, 2.75) is 52.0 Å². The normalized spacial score (nSPS) is 16.5. The molecule has 0 radical (unpaired) electrons. The van der Waals surface area contributed by atoms with E-state index in [1.165, 1.54) is 0 Å². The standard InChI is InChI=1S/C9H19F2N/c1-4-6-9(3,8(10)11)12-7-5-2/h8,12H,4-7H2,1-3H3. The monoisotopic (exact) mass is 179 g/mol. The molecule has 74 valence electrons. The molecule has 0 saturated heterocycles. The molecule has 0 rings (SSSR count). The maximum atomic E-state index is 12.5. The van der Waals surface area contributed by atoms with Crippen LogP contribution < -0.4 is 5.32 Å². The predicted octanol–water partition coefficient (Wildman–Crippen LogP) is 2.81. The SMILES string of the molecule is CCCNC(C)(CCC)C(F)F. The van der Waals surface area contributed by atoms with Crippen LogP contribution in [0.1, 0.15) is 40.0 Å². The average molecular weight is 179 g/mol. The fourth-order valence-corrected chi connectivity index (χ4v) is 1.20. The lowest BCUT2D eigenvalue weighted by Crippen LogP contribution is -2.48. The van der Waals surface area contributed by atoms with Crippen LogP contribution in [0.2, 0.25) is 0 Å². The highest BCUT2D eigenvalue weighted by Crippen LogP contribution is 2.20. The molecule has 0 saturated carbocycles. The first kappa shape index (κ1) is 11.8. The van der Waals surface area contributed by atoms with Gasteiger partial charge in [0.2, 0.25) is 0 Å². The van der Waals surface area contributed by atoms with Crippen molar-refractivity contribution in [1.82, 2.24) is 5.32 Å². The van der Waals surface area contributed by atoms with E-state index in [-0.39, 0.29) is 0 Å². The number of halogens is 2. The third-order valence-electron chi connectivity index (χ3n) is 2.03. The first-order chi connectivity index (χ1) is 5.56. The molecular formula is C9H19F2N. The highest BCUT2D eigenvalue weighted by atomic mass is 19.3. The summed E-state index contributed by atoms with van der Waals surface area (Å²) in [4.78, 5) is 0. The van der Waals surface area contributed by atoms with Gasteiger partial charge < -0.3 is 5.32 Å². The Bertz CT molecular complexity index is 117. The van der Waals surface area contributed by atoms with Gasteiger partial charge in [-0.15, -0.1) is 0 Å². The lowest BCUT2D eigenvalue weighted by Gasteiger charge is -2.29. The smallest absolute Gasteiger partial charge is 0.256 e. The number of rotatable bonds is 6. The summed E-state index contributed by atoms with van der Waals surface area (Å²) in [6.45, 7) is 6.16. The van der Waals surface area contributed by atoms with E-state index in [2.05, 4.69) is 5.32 Å². The van der Waals surface area contributed by atoms with Gasteiger partial charge in [0.05, 0.1) is 5.54 Å². The highest BCUT2D eigenvalue weighted by Gasteiger charge is 2.32. The molecule has 0 bridgehead atoms. The molecule has 0 spiro atoms. The van der Waals surface area contributed by atoms with Crippen molar-refractivity contribution >= 4 is 0 Å². The predicted molar refractivity (Wildman–Crippen MR) is 47.6 cm³/mol. The lowest BCUT2D eigenvalue weighted by atomic mass is 9.96. The highest BCUT2D eigenvalue weighted by molar-refractivity contribution is 4.84. The largest absolute Gasteiger partial charge is 0.307 e. The molecule has 1 atom stereocenters. The minimum atomic E-state index is -2.27. The quantitative estimate of drug-likeness (QED) is 0.661. The Morgan fingerprint density at radius 2 is 1.83 bits per heavy atom. The Labute approximate surface area is 73.5 Å². The van der Waals surface area contributed by atoms with Gasteiger partial charge in [-0.1, -0.05) is 20.3 Å². The molecule has 0 aromatic heterocycles. The van der Waals surface area contributed by atoms with Gasteiger partial charge in [0.25, 0.3) is 6.43 Å². The third kappa shape index (κ3) is 3.48. The summed E-state index contributed by atoms with van der Waals surface area (Å²) in [5.74, 6) is 0. The van der Waals surface area contributed by atoms with E-state index in [1.54, 1.807) is 6.92 Å². The average Bonchev–Trinajstić information content (AvgIpc) is 2.01. The Balaban J connectivity index is 3.99. The van der Waals surface area contributed by atoms with Crippen molar-refractivity contribution in [3.63, 3.8) is 0 Å². The number of hydrogen-bond acceptors (Lipinski definition) is 1. The van der Waals surface area contributed by atoms with Crippen molar-refractivity contribution in [3.8, 4) is 0 Å². The van der Waals surface area contributed by atoms with Crippen molar-refractivity contribution in [3.05, 3.63) is 0 Å². The summed E-state index contributed by atoms with van der Waals surface area (Å²) >= 11 is 0. The van der Waals surface area contributed by atoms with E-state index < -0.39 is 12.0 Å². The summed E-state index contributed by atoms with van der Waals surface area (Å²) < 4.78 is 25.1. The molecule has 0 amide bonds. The van der Waals surface area contributed by atoms with Crippen molar-refractivity contribution < 1.29 is 8.78 Å². The van der Waals surface area contributed by atoms with E-state index in [4.69, 9.17) is 0 Å². The number of hydrogen-bond donors (Lipinski definition) is 1. The molecule has 0 aromatic rings. The Kier molecular flexibility index (Phi) is 5.38. The van der Waals surface area contributed by atoms with Crippen LogP contribution in [0.25, 0.3) is 0 Å². The molecular weight excluding hydrogens is 160 g/mol. The molecule has 1 unspecified atom stereocenters. The van der Waals surface area contributed by atoms with Gasteiger partial charge in [0.1, 0.15) is 0 Å². The second kappa shape index (κ2) is 5.46. The van der Waals surface area contributed by atoms with Crippen LogP contribution in [0.4, 0.5) is 8.78 Å². The van der Waals surface area contributed by atoms with E-state index in [0.29, 0.717) is 13.0 Å². The molecule has 0 aromatic carbocycles. The first-order valence-corrected chi connectivity index (χ1v) is 4.60. The van der Waals surface area contributed by atoms with Gasteiger partial charge in [0, 0.05) is 0 Å². The number of nitrogens with one attached hydrogen (secondary N) is 1. The molecule has 3 heteroatoms. The third-order valence-corrected chi connectivity index (χ3v) is 2.03. The van der Waals surface area contributed by atoms with Gasteiger partial charge in [-0.05, 0) is 26.3 Å². The van der Waals surface area contributed by atoms with E-state index >= 15 is 0 Å². The Morgan fingerprint density at radius 3 is 2.17 bits per heavy atom. The minimum Gasteiger partial charge on any atom is -0.307 e. The second-order valence-electron chi connectivity index (χ2n) is 3.39. The summed E-state index contributed by atoms with van der Waals surface area (Å²) in [5, 5.41) is 2.90. The van der Waals surface area contributed by atoms with Gasteiger partial charge in [0.15, 0.2) is 0 Å². The molecule has 0 heterocycles. The zero-order valence-corrected chi connectivity index (χ0v) is 8.16. The van der Waals surface area contributed by atoms with E-state index in [1.807, 2.05) is 13.8 Å². The zero-order valence-electron chi connectivity index (χ0n) is 8.16. The molecule has 0 aliphatic rings. The summed E-state index contributed by atoms with van der Waals surface area (Å²) in [7, 11) is 0. The number of alkyl halides is 2. The summed E-state index contributed by atoms with van der Waals surface area (Å²) in [5.41, 5.74) is -0.981. The first-order valence-electron chi connectivity index (χ1n) is 4.60. The van der Waals surface area contributed by atoms with Crippen molar-refractivity contribution in [1.29, 1.82) is 0 Å². The van der Waals surface area contributed by atoms with Crippen LogP contribution >= 0.6 is 0 Å². The van der Waals surface area contributed by atoms with Crippen LogP contribution in [0.15, 0.2) is 0 Å². The topological polar surface area (TPSA) is 12.0 Å². The maximum Gasteiger partial charge on any atom is 0.256 e. The van der Waals surface area contributed by atoms with Crippen LogP contribution in [0, 0.1) is 0 Å². The van der Waals surface area contributed by atoms with E-state index in [0.717, 1.165) is 12.8 Å². The molecule has 0 aliphatic heterocycles.